The Labute approximate surface area is 134 Å². The fraction of sp³-hybridized carbons (Fsp3) is 0.667. The number of nitrogens with zero attached hydrogens (tertiary/aromatic N) is 4. The van der Waals surface area contributed by atoms with Crippen LogP contribution in [0.25, 0.3) is 11.2 Å². The third-order valence-corrected chi connectivity index (χ3v) is 4.60. The lowest BCUT2D eigenvalue weighted by Gasteiger charge is -2.43. The van der Waals surface area contributed by atoms with Crippen LogP contribution in [0.4, 0.5) is 5.82 Å². The van der Waals surface area contributed by atoms with E-state index in [2.05, 4.69) is 21.9 Å². The molecule has 3 rings (SSSR count). The first-order valence-electron chi connectivity index (χ1n) is 8.04. The SMILES string of the molecule is CCCCOc1nc(N)c2ncn([C@H]3C[C@@H](CO)[C@@H]3CO)c2n1. The second-order valence-corrected chi connectivity index (χ2v) is 6.01. The van der Waals surface area contributed by atoms with Gasteiger partial charge in [-0.3, -0.25) is 0 Å². The predicted octanol–water partition coefficient (Wildman–Crippen LogP) is 0.749. The molecule has 126 valence electrons. The lowest BCUT2D eigenvalue weighted by Crippen LogP contribution is -2.42. The van der Waals surface area contributed by atoms with Crippen LogP contribution < -0.4 is 10.5 Å². The number of hydrogen-bond acceptors (Lipinski definition) is 7. The van der Waals surface area contributed by atoms with Crippen molar-refractivity contribution in [3.8, 4) is 6.01 Å². The fourth-order valence-electron chi connectivity index (χ4n) is 3.11. The van der Waals surface area contributed by atoms with Crippen LogP contribution in [0.2, 0.25) is 0 Å². The molecule has 2 heterocycles. The van der Waals surface area contributed by atoms with E-state index in [0.717, 1.165) is 19.3 Å². The highest BCUT2D eigenvalue weighted by molar-refractivity contribution is 5.82. The molecule has 0 aromatic carbocycles. The number of fused-ring (bicyclic) bond motifs is 1. The molecule has 1 fully saturated rings. The second kappa shape index (κ2) is 6.67. The first kappa shape index (κ1) is 15.9. The molecule has 1 aliphatic carbocycles. The number of aromatic nitrogens is 4. The zero-order chi connectivity index (χ0) is 16.4. The Morgan fingerprint density at radius 2 is 2.17 bits per heavy atom. The molecule has 0 bridgehead atoms. The molecule has 1 saturated carbocycles. The van der Waals surface area contributed by atoms with Crippen molar-refractivity contribution < 1.29 is 14.9 Å². The third-order valence-electron chi connectivity index (χ3n) is 4.60. The summed E-state index contributed by atoms with van der Waals surface area (Å²) in [7, 11) is 0. The molecule has 0 amide bonds. The first-order valence-corrected chi connectivity index (χ1v) is 8.04. The van der Waals surface area contributed by atoms with Gasteiger partial charge in [-0.2, -0.15) is 9.97 Å². The topological polar surface area (TPSA) is 119 Å². The Balaban J connectivity index is 1.89. The molecule has 8 nitrogen and oxygen atoms in total. The van der Waals surface area contributed by atoms with Crippen LogP contribution in [0.5, 0.6) is 6.01 Å². The number of nitrogens with two attached hydrogens (primary N) is 1. The van der Waals surface area contributed by atoms with Gasteiger partial charge in [0.05, 0.1) is 12.9 Å². The minimum Gasteiger partial charge on any atom is -0.463 e. The molecule has 8 heteroatoms. The fourth-order valence-corrected chi connectivity index (χ4v) is 3.11. The van der Waals surface area contributed by atoms with Gasteiger partial charge in [-0.05, 0) is 18.8 Å². The van der Waals surface area contributed by atoms with Crippen molar-refractivity contribution in [2.24, 2.45) is 11.8 Å². The van der Waals surface area contributed by atoms with E-state index in [9.17, 15) is 10.2 Å². The minimum absolute atomic E-state index is 0.00181. The van der Waals surface area contributed by atoms with Crippen LogP contribution in [0.15, 0.2) is 6.33 Å². The lowest BCUT2D eigenvalue weighted by molar-refractivity contribution is -0.00531. The van der Waals surface area contributed by atoms with Crippen LogP contribution in [0.3, 0.4) is 0 Å². The van der Waals surface area contributed by atoms with Gasteiger partial charge in [0.15, 0.2) is 17.0 Å². The van der Waals surface area contributed by atoms with Crippen molar-refractivity contribution in [1.29, 1.82) is 0 Å². The number of imidazole rings is 1. The van der Waals surface area contributed by atoms with Crippen LogP contribution in [-0.2, 0) is 0 Å². The molecule has 0 spiro atoms. The van der Waals surface area contributed by atoms with E-state index in [-0.39, 0.29) is 37.1 Å². The number of rotatable bonds is 7. The summed E-state index contributed by atoms with van der Waals surface area (Å²) in [6, 6.07) is 0.309. The Morgan fingerprint density at radius 1 is 1.35 bits per heavy atom. The molecule has 2 aromatic heterocycles. The summed E-state index contributed by atoms with van der Waals surface area (Å²) >= 11 is 0. The van der Waals surface area contributed by atoms with Crippen molar-refractivity contribution in [2.45, 2.75) is 32.2 Å². The van der Waals surface area contributed by atoms with Gasteiger partial charge >= 0.3 is 6.01 Å². The highest BCUT2D eigenvalue weighted by Crippen LogP contribution is 2.44. The van der Waals surface area contributed by atoms with Crippen molar-refractivity contribution in [3.05, 3.63) is 6.33 Å². The minimum atomic E-state index is -0.00181. The maximum absolute atomic E-state index is 9.55. The zero-order valence-corrected chi connectivity index (χ0v) is 13.2. The van der Waals surface area contributed by atoms with Gasteiger partial charge in [-0.1, -0.05) is 13.3 Å². The van der Waals surface area contributed by atoms with Crippen LogP contribution in [0, 0.1) is 11.8 Å². The van der Waals surface area contributed by atoms with E-state index in [1.165, 1.54) is 0 Å². The summed E-state index contributed by atoms with van der Waals surface area (Å²) in [6.07, 6.45) is 4.40. The number of anilines is 1. The first-order chi connectivity index (χ1) is 11.2. The molecule has 23 heavy (non-hydrogen) atoms. The van der Waals surface area contributed by atoms with Crippen molar-refractivity contribution in [2.75, 3.05) is 25.6 Å². The van der Waals surface area contributed by atoms with Gasteiger partial charge in [0.1, 0.15) is 0 Å². The lowest BCUT2D eigenvalue weighted by atomic mass is 9.70. The predicted molar refractivity (Wildman–Crippen MR) is 84.9 cm³/mol. The average Bonchev–Trinajstić information content (AvgIpc) is 2.92. The number of ether oxygens (including phenoxy) is 1. The van der Waals surface area contributed by atoms with E-state index in [1.54, 1.807) is 6.33 Å². The van der Waals surface area contributed by atoms with Gasteiger partial charge in [0.2, 0.25) is 0 Å². The molecule has 4 N–H and O–H groups in total. The summed E-state index contributed by atoms with van der Waals surface area (Å²) in [5.41, 5.74) is 7.11. The number of aliphatic hydroxyl groups is 2. The van der Waals surface area contributed by atoms with E-state index in [1.807, 2.05) is 4.57 Å². The third kappa shape index (κ3) is 2.84. The Hall–Kier alpha value is -1.93. The standard InChI is InChI=1S/C15H23N5O3/c1-2-3-4-23-15-18-13(16)12-14(19-15)20(8-17-12)11-5-9(6-21)10(11)7-22/h8-11,21-22H,2-7H2,1H3,(H2,16,18,19)/t9-,10-,11-/m0/s1. The molecule has 0 saturated heterocycles. The normalized spacial score (nSPS) is 23.9. The van der Waals surface area contributed by atoms with E-state index >= 15 is 0 Å². The van der Waals surface area contributed by atoms with Gasteiger partial charge in [-0.15, -0.1) is 0 Å². The summed E-state index contributed by atoms with van der Waals surface area (Å²) in [5, 5.41) is 18.9. The highest BCUT2D eigenvalue weighted by atomic mass is 16.5. The van der Waals surface area contributed by atoms with Gasteiger partial charge in [0, 0.05) is 25.2 Å². The molecule has 3 atom stereocenters. The van der Waals surface area contributed by atoms with Crippen LogP contribution >= 0.6 is 0 Å². The Bertz CT molecular complexity index is 674. The molecule has 0 aliphatic heterocycles. The molecule has 0 unspecified atom stereocenters. The van der Waals surface area contributed by atoms with Gasteiger partial charge in [0.25, 0.3) is 0 Å². The number of aliphatic hydroxyl groups excluding tert-OH is 2. The smallest absolute Gasteiger partial charge is 0.320 e. The van der Waals surface area contributed by atoms with Crippen molar-refractivity contribution in [3.63, 3.8) is 0 Å². The molecule has 1 aliphatic rings. The largest absolute Gasteiger partial charge is 0.463 e. The zero-order valence-electron chi connectivity index (χ0n) is 13.2. The number of hydrogen-bond donors (Lipinski definition) is 3. The molecular weight excluding hydrogens is 298 g/mol. The van der Waals surface area contributed by atoms with E-state index in [4.69, 9.17) is 10.5 Å². The van der Waals surface area contributed by atoms with Crippen LogP contribution in [-0.4, -0.2) is 49.6 Å². The highest BCUT2D eigenvalue weighted by Gasteiger charge is 2.42. The molecule has 2 aromatic rings. The van der Waals surface area contributed by atoms with Crippen molar-refractivity contribution >= 4 is 17.0 Å². The molecular formula is C15H23N5O3. The summed E-state index contributed by atoms with van der Waals surface area (Å²) in [5.74, 6) is 0.402. The summed E-state index contributed by atoms with van der Waals surface area (Å²) in [6.45, 7) is 2.73. The quantitative estimate of drug-likeness (QED) is 0.644. The van der Waals surface area contributed by atoms with Gasteiger partial charge < -0.3 is 25.3 Å². The van der Waals surface area contributed by atoms with E-state index in [0.29, 0.717) is 23.6 Å². The van der Waals surface area contributed by atoms with Crippen molar-refractivity contribution in [1.82, 2.24) is 19.5 Å². The summed E-state index contributed by atoms with van der Waals surface area (Å²) < 4.78 is 7.46. The second-order valence-electron chi connectivity index (χ2n) is 6.01. The Kier molecular flexibility index (Phi) is 4.63. The molecule has 0 radical (unpaired) electrons. The maximum atomic E-state index is 9.55. The number of unbranched alkanes of at least 4 members (excludes halogenated alkanes) is 1. The Morgan fingerprint density at radius 3 is 2.87 bits per heavy atom. The van der Waals surface area contributed by atoms with Gasteiger partial charge in [-0.25, -0.2) is 4.98 Å². The maximum Gasteiger partial charge on any atom is 0.320 e. The van der Waals surface area contributed by atoms with Crippen LogP contribution in [0.1, 0.15) is 32.2 Å². The number of nitrogen functional groups attached to an aromatic ring is 1. The van der Waals surface area contributed by atoms with E-state index < -0.39 is 0 Å². The monoisotopic (exact) mass is 321 g/mol. The summed E-state index contributed by atoms with van der Waals surface area (Å²) in [4.78, 5) is 12.9. The average molecular weight is 321 g/mol.